The summed E-state index contributed by atoms with van der Waals surface area (Å²) < 4.78 is 6.45. The molecule has 1 aromatic rings. The van der Waals surface area contributed by atoms with Crippen LogP contribution in [0.1, 0.15) is 18.2 Å². The van der Waals surface area contributed by atoms with Crippen molar-refractivity contribution in [3.63, 3.8) is 0 Å². The Bertz CT molecular complexity index is 370. The van der Waals surface area contributed by atoms with Crippen molar-refractivity contribution in [2.24, 2.45) is 0 Å². The molecule has 0 saturated carbocycles. The number of hydrogen-bond donors (Lipinski definition) is 1. The lowest BCUT2D eigenvalue weighted by atomic mass is 10.1. The molecule has 1 aliphatic rings. The van der Waals surface area contributed by atoms with Gasteiger partial charge < -0.3 is 9.84 Å². The van der Waals surface area contributed by atoms with Gasteiger partial charge in [-0.1, -0.05) is 18.5 Å². The quantitative estimate of drug-likeness (QED) is 0.904. The second kappa shape index (κ2) is 6.87. The summed E-state index contributed by atoms with van der Waals surface area (Å²) in [6.45, 7) is 5.77. The highest BCUT2D eigenvalue weighted by atomic mass is 35.5. The van der Waals surface area contributed by atoms with Crippen LogP contribution in [-0.2, 0) is 11.2 Å². The minimum atomic E-state index is -0.445. The Morgan fingerprint density at radius 2 is 2.44 bits per heavy atom. The molecular weight excluding hydrogens is 270 g/mol. The van der Waals surface area contributed by atoms with Crippen LogP contribution in [-0.4, -0.2) is 48.5 Å². The van der Waals surface area contributed by atoms with E-state index in [1.165, 1.54) is 11.3 Å². The largest absolute Gasteiger partial charge is 0.390 e. The zero-order valence-corrected chi connectivity index (χ0v) is 12.2. The molecule has 5 heteroatoms. The monoisotopic (exact) mass is 289 g/mol. The first-order valence-electron chi connectivity index (χ1n) is 6.45. The summed E-state index contributed by atoms with van der Waals surface area (Å²) in [4.78, 5) is 3.47. The van der Waals surface area contributed by atoms with Crippen LogP contribution in [0.4, 0.5) is 0 Å². The van der Waals surface area contributed by atoms with Gasteiger partial charge in [0.15, 0.2) is 0 Å². The average Bonchev–Trinajstić information content (AvgIpc) is 2.75. The predicted octanol–water partition coefficient (Wildman–Crippen LogP) is 2.42. The molecule has 3 nitrogen and oxygen atoms in total. The van der Waals surface area contributed by atoms with Gasteiger partial charge in [-0.2, -0.15) is 0 Å². The predicted molar refractivity (Wildman–Crippen MR) is 75.5 cm³/mol. The number of thiophene rings is 1. The third-order valence-electron chi connectivity index (χ3n) is 3.19. The fraction of sp³-hybridized carbons (Fsp3) is 0.692. The minimum absolute atomic E-state index is 0.0776. The molecule has 2 rings (SSSR count). The van der Waals surface area contributed by atoms with Gasteiger partial charge in [0.05, 0.1) is 23.2 Å². The molecule has 0 bridgehead atoms. The molecule has 18 heavy (non-hydrogen) atoms. The van der Waals surface area contributed by atoms with Gasteiger partial charge >= 0.3 is 0 Å². The summed E-state index contributed by atoms with van der Waals surface area (Å²) in [5.74, 6) is 0. The lowest BCUT2D eigenvalue weighted by molar-refractivity contribution is -0.0875. The van der Waals surface area contributed by atoms with Crippen LogP contribution in [0.5, 0.6) is 0 Å². The van der Waals surface area contributed by atoms with Gasteiger partial charge in [-0.15, -0.1) is 11.3 Å². The van der Waals surface area contributed by atoms with E-state index in [0.29, 0.717) is 13.0 Å². The molecule has 0 aliphatic carbocycles. The highest BCUT2D eigenvalue weighted by Gasteiger charge is 2.26. The van der Waals surface area contributed by atoms with Crippen LogP contribution in [0, 0.1) is 0 Å². The zero-order chi connectivity index (χ0) is 13.0. The molecule has 0 radical (unpaired) electrons. The van der Waals surface area contributed by atoms with E-state index < -0.39 is 6.10 Å². The van der Waals surface area contributed by atoms with Crippen molar-refractivity contribution in [1.29, 1.82) is 0 Å². The van der Waals surface area contributed by atoms with Gasteiger partial charge in [0.1, 0.15) is 0 Å². The van der Waals surface area contributed by atoms with Gasteiger partial charge in [-0.25, -0.2) is 0 Å². The number of aliphatic hydroxyl groups is 1. The Balaban J connectivity index is 1.86. The molecule has 2 unspecified atom stereocenters. The van der Waals surface area contributed by atoms with E-state index in [9.17, 15) is 5.11 Å². The molecule has 102 valence electrons. The fourth-order valence-electron chi connectivity index (χ4n) is 2.28. The van der Waals surface area contributed by atoms with E-state index in [0.717, 1.165) is 35.3 Å². The average molecular weight is 290 g/mol. The van der Waals surface area contributed by atoms with Crippen molar-refractivity contribution in [1.82, 2.24) is 4.90 Å². The number of halogens is 1. The smallest absolute Gasteiger partial charge is 0.0964 e. The third-order valence-corrected chi connectivity index (χ3v) is 4.44. The second-order valence-corrected chi connectivity index (χ2v) is 6.49. The molecule has 2 heterocycles. The van der Waals surface area contributed by atoms with Crippen molar-refractivity contribution >= 4 is 22.9 Å². The van der Waals surface area contributed by atoms with Gasteiger partial charge in [-0.3, -0.25) is 4.90 Å². The molecule has 1 fully saturated rings. The van der Waals surface area contributed by atoms with Crippen LogP contribution in [0.2, 0.25) is 4.34 Å². The number of rotatable bonds is 5. The van der Waals surface area contributed by atoms with Crippen LogP contribution >= 0.6 is 22.9 Å². The maximum absolute atomic E-state index is 10.2. The Morgan fingerprint density at radius 3 is 3.11 bits per heavy atom. The zero-order valence-electron chi connectivity index (χ0n) is 10.6. The first-order chi connectivity index (χ1) is 8.69. The maximum atomic E-state index is 10.2. The number of hydrogen-bond acceptors (Lipinski definition) is 4. The van der Waals surface area contributed by atoms with Gasteiger partial charge in [0.25, 0.3) is 0 Å². The van der Waals surface area contributed by atoms with Crippen LogP contribution in [0.3, 0.4) is 0 Å². The van der Waals surface area contributed by atoms with E-state index in [-0.39, 0.29) is 6.10 Å². The first kappa shape index (κ1) is 14.3. The lowest BCUT2D eigenvalue weighted by Gasteiger charge is -2.35. The third kappa shape index (κ3) is 3.93. The highest BCUT2D eigenvalue weighted by molar-refractivity contribution is 7.16. The maximum Gasteiger partial charge on any atom is 0.0964 e. The summed E-state index contributed by atoms with van der Waals surface area (Å²) in [7, 11) is 0. The molecule has 0 aromatic carbocycles. The second-order valence-electron chi connectivity index (χ2n) is 4.69. The summed E-state index contributed by atoms with van der Waals surface area (Å²) >= 11 is 7.42. The van der Waals surface area contributed by atoms with Gasteiger partial charge in [0, 0.05) is 24.4 Å². The van der Waals surface area contributed by atoms with Crippen molar-refractivity contribution in [2.75, 3.05) is 26.2 Å². The minimum Gasteiger partial charge on any atom is -0.390 e. The molecular formula is C13H20ClNO2S. The molecule has 1 aromatic heterocycles. The van der Waals surface area contributed by atoms with Crippen molar-refractivity contribution in [2.45, 2.75) is 32.0 Å². The van der Waals surface area contributed by atoms with Gasteiger partial charge in [0.2, 0.25) is 0 Å². The Kier molecular flexibility index (Phi) is 5.45. The Hall–Kier alpha value is -0.130. The summed E-state index contributed by atoms with van der Waals surface area (Å²) in [5.41, 5.74) is 0. The summed E-state index contributed by atoms with van der Waals surface area (Å²) in [6, 6.07) is 3.85. The fourth-order valence-corrected chi connectivity index (χ4v) is 3.42. The Morgan fingerprint density at radius 1 is 1.61 bits per heavy atom. The summed E-state index contributed by atoms with van der Waals surface area (Å²) in [6.07, 6.45) is 1.25. The molecule has 2 atom stereocenters. The van der Waals surface area contributed by atoms with Crippen molar-refractivity contribution in [3.8, 4) is 0 Å². The van der Waals surface area contributed by atoms with Crippen LogP contribution < -0.4 is 0 Å². The highest BCUT2D eigenvalue weighted by Crippen LogP contribution is 2.24. The van der Waals surface area contributed by atoms with E-state index >= 15 is 0 Å². The van der Waals surface area contributed by atoms with Gasteiger partial charge in [-0.05, 0) is 25.1 Å². The van der Waals surface area contributed by atoms with Crippen LogP contribution in [0.25, 0.3) is 0 Å². The number of aliphatic hydroxyl groups excluding tert-OH is 1. The number of ether oxygens (including phenoxy) is 1. The van der Waals surface area contributed by atoms with E-state index in [2.05, 4.69) is 11.8 Å². The van der Waals surface area contributed by atoms with Crippen molar-refractivity contribution in [3.05, 3.63) is 21.3 Å². The lowest BCUT2D eigenvalue weighted by Crippen LogP contribution is -2.48. The Labute approximate surface area is 117 Å². The van der Waals surface area contributed by atoms with E-state index in [4.69, 9.17) is 16.3 Å². The normalized spacial score (nSPS) is 23.2. The standard InChI is InChI=1S/C13H20ClNO2S/c1-2-5-15-6-7-17-12(9-15)11(16)8-10-3-4-13(14)18-10/h3-4,11-12,16H,2,5-9H2,1H3. The number of morpholine rings is 1. The van der Waals surface area contributed by atoms with E-state index in [1.54, 1.807) is 0 Å². The molecule has 1 aliphatic heterocycles. The first-order valence-corrected chi connectivity index (χ1v) is 7.64. The number of nitrogens with zero attached hydrogens (tertiary/aromatic N) is 1. The summed E-state index contributed by atoms with van der Waals surface area (Å²) in [5, 5.41) is 10.2. The van der Waals surface area contributed by atoms with E-state index in [1.807, 2.05) is 12.1 Å². The molecule has 0 spiro atoms. The molecule has 1 N–H and O–H groups in total. The SMILES string of the molecule is CCCN1CCOC(C(O)Cc2ccc(Cl)s2)C1. The molecule has 1 saturated heterocycles. The molecule has 0 amide bonds. The van der Waals surface area contributed by atoms with Crippen molar-refractivity contribution < 1.29 is 9.84 Å². The van der Waals surface area contributed by atoms with Crippen LogP contribution in [0.15, 0.2) is 12.1 Å². The topological polar surface area (TPSA) is 32.7 Å².